The topological polar surface area (TPSA) is 105 Å². The van der Waals surface area contributed by atoms with E-state index in [1.54, 1.807) is 0 Å². The minimum absolute atomic E-state index is 0.0231. The van der Waals surface area contributed by atoms with Gasteiger partial charge in [-0.3, -0.25) is 4.79 Å². The predicted octanol–water partition coefficient (Wildman–Crippen LogP) is 3.14. The van der Waals surface area contributed by atoms with E-state index in [-0.39, 0.29) is 48.8 Å². The Bertz CT molecular complexity index is 1150. The van der Waals surface area contributed by atoms with Crippen LogP contribution in [0.15, 0.2) is 48.5 Å². The molecule has 0 radical (unpaired) electrons. The smallest absolute Gasteiger partial charge is 0.407 e. The minimum Gasteiger partial charge on any atom is -0.472 e. The number of carbonyl (C=O) groups excluding carboxylic acids is 2. The van der Waals surface area contributed by atoms with E-state index in [9.17, 15) is 14.4 Å². The van der Waals surface area contributed by atoms with Crippen LogP contribution in [0.5, 0.6) is 0 Å². The van der Waals surface area contributed by atoms with Crippen LogP contribution in [0.2, 0.25) is 0 Å². The molecule has 4 atom stereocenters. The Hall–Kier alpha value is -3.79. The average molecular weight is 459 g/mol. The second-order valence-corrected chi connectivity index (χ2v) is 9.18. The molecule has 2 aromatic rings. The van der Waals surface area contributed by atoms with Crippen LogP contribution in [0.4, 0.5) is 4.79 Å². The molecule has 2 fully saturated rings. The quantitative estimate of drug-likeness (QED) is 0.597. The van der Waals surface area contributed by atoms with Gasteiger partial charge in [0.05, 0.1) is 12.5 Å². The summed E-state index contributed by atoms with van der Waals surface area (Å²) in [7, 11) is 0. The maximum atomic E-state index is 12.8. The van der Waals surface area contributed by atoms with Crippen molar-refractivity contribution in [2.75, 3.05) is 13.2 Å². The van der Waals surface area contributed by atoms with Gasteiger partial charge in [0, 0.05) is 17.9 Å². The molecule has 3 aliphatic carbocycles. The fourth-order valence-corrected chi connectivity index (χ4v) is 6.02. The number of hydrogen-bond acceptors (Lipinski definition) is 4. The van der Waals surface area contributed by atoms with Gasteiger partial charge in [-0.15, -0.1) is 0 Å². The highest BCUT2D eigenvalue weighted by Gasteiger charge is 2.51. The van der Waals surface area contributed by atoms with Gasteiger partial charge in [-0.25, -0.2) is 9.59 Å². The Morgan fingerprint density at radius 1 is 0.971 bits per heavy atom. The van der Waals surface area contributed by atoms with Crippen LogP contribution in [-0.4, -0.2) is 42.3 Å². The van der Waals surface area contributed by atoms with E-state index in [0.29, 0.717) is 0 Å². The van der Waals surface area contributed by atoms with E-state index in [2.05, 4.69) is 40.8 Å². The van der Waals surface area contributed by atoms with E-state index in [1.807, 2.05) is 30.2 Å². The molecule has 4 unspecified atom stereocenters. The van der Waals surface area contributed by atoms with Crippen molar-refractivity contribution in [1.82, 2.24) is 10.6 Å². The van der Waals surface area contributed by atoms with Crippen molar-refractivity contribution in [3.05, 3.63) is 59.7 Å². The molecule has 0 saturated heterocycles. The summed E-state index contributed by atoms with van der Waals surface area (Å²) in [4.78, 5) is 36.1. The van der Waals surface area contributed by atoms with E-state index in [4.69, 9.17) is 9.84 Å². The predicted molar refractivity (Wildman–Crippen MR) is 125 cm³/mol. The molecule has 3 aliphatic rings. The van der Waals surface area contributed by atoms with Gasteiger partial charge in [-0.05, 0) is 53.4 Å². The van der Waals surface area contributed by atoms with Crippen molar-refractivity contribution in [2.45, 2.75) is 31.2 Å². The molecule has 34 heavy (non-hydrogen) atoms. The Morgan fingerprint density at radius 3 is 2.29 bits per heavy atom. The van der Waals surface area contributed by atoms with Crippen molar-refractivity contribution in [3.8, 4) is 23.0 Å². The van der Waals surface area contributed by atoms with Crippen molar-refractivity contribution in [1.29, 1.82) is 0 Å². The van der Waals surface area contributed by atoms with Gasteiger partial charge in [-0.1, -0.05) is 54.5 Å². The molecule has 174 valence electrons. The fraction of sp³-hybridized carbons (Fsp3) is 0.370. The van der Waals surface area contributed by atoms with Crippen molar-refractivity contribution >= 4 is 18.0 Å². The summed E-state index contributed by atoms with van der Waals surface area (Å²) in [5.74, 6) is 3.04. The lowest BCUT2D eigenvalue weighted by Gasteiger charge is -2.30. The van der Waals surface area contributed by atoms with Crippen molar-refractivity contribution < 1.29 is 24.2 Å². The third-order valence-corrected chi connectivity index (χ3v) is 7.39. The van der Waals surface area contributed by atoms with Crippen LogP contribution in [0.3, 0.4) is 0 Å². The minimum atomic E-state index is -1.23. The number of carboxylic acid groups (broad SMARTS) is 1. The molecule has 2 aromatic carbocycles. The van der Waals surface area contributed by atoms with E-state index in [0.717, 1.165) is 30.4 Å². The SMILES string of the molecule is O=C(O)C#CCNC(=O)C1C2CCC(C2)C1NC(=O)OCC1c2ccccc2-c2ccccc21. The summed E-state index contributed by atoms with van der Waals surface area (Å²) < 4.78 is 5.69. The van der Waals surface area contributed by atoms with Gasteiger partial charge in [-0.2, -0.15) is 0 Å². The number of alkyl carbamates (subject to hydrolysis) is 1. The van der Waals surface area contributed by atoms with Gasteiger partial charge in [0.15, 0.2) is 0 Å². The maximum absolute atomic E-state index is 12.8. The largest absolute Gasteiger partial charge is 0.472 e. The molecule has 0 aromatic heterocycles. The number of carbonyl (C=O) groups is 3. The van der Waals surface area contributed by atoms with Gasteiger partial charge in [0.25, 0.3) is 0 Å². The van der Waals surface area contributed by atoms with E-state index < -0.39 is 12.1 Å². The van der Waals surface area contributed by atoms with Crippen molar-refractivity contribution in [3.63, 3.8) is 0 Å². The molecule has 3 N–H and O–H groups in total. The lowest BCUT2D eigenvalue weighted by atomic mass is 9.84. The first-order valence-electron chi connectivity index (χ1n) is 11.6. The normalized spacial score (nSPS) is 23.9. The number of carboxylic acids is 1. The highest BCUT2D eigenvalue weighted by molar-refractivity contribution is 5.87. The second-order valence-electron chi connectivity index (χ2n) is 9.18. The molecular formula is C27H26N2O5. The first kappa shape index (κ1) is 22.0. The summed E-state index contributed by atoms with van der Waals surface area (Å²) in [6, 6.07) is 16.1. The Balaban J connectivity index is 1.23. The zero-order valence-corrected chi connectivity index (χ0v) is 18.6. The first-order chi connectivity index (χ1) is 16.5. The second kappa shape index (κ2) is 9.22. The number of fused-ring (bicyclic) bond motifs is 5. The third-order valence-electron chi connectivity index (χ3n) is 7.39. The average Bonchev–Trinajstić information content (AvgIpc) is 3.52. The number of hydrogen-bond donors (Lipinski definition) is 3. The number of rotatable bonds is 5. The molecule has 2 bridgehead atoms. The molecule has 0 heterocycles. The number of nitrogens with one attached hydrogen (secondary N) is 2. The lowest BCUT2D eigenvalue weighted by Crippen LogP contribution is -2.50. The summed E-state index contributed by atoms with van der Waals surface area (Å²) in [6.07, 6.45) is 2.31. The lowest BCUT2D eigenvalue weighted by molar-refractivity contribution is -0.130. The van der Waals surface area contributed by atoms with Gasteiger partial charge >= 0.3 is 12.1 Å². The maximum Gasteiger partial charge on any atom is 0.407 e. The number of benzene rings is 2. The van der Waals surface area contributed by atoms with Crippen LogP contribution in [0.25, 0.3) is 11.1 Å². The highest BCUT2D eigenvalue weighted by atomic mass is 16.5. The van der Waals surface area contributed by atoms with Crippen LogP contribution in [-0.2, 0) is 14.3 Å². The van der Waals surface area contributed by atoms with Crippen molar-refractivity contribution in [2.24, 2.45) is 17.8 Å². The summed E-state index contributed by atoms with van der Waals surface area (Å²) in [5.41, 5.74) is 4.64. The first-order valence-corrected chi connectivity index (χ1v) is 11.6. The molecule has 5 rings (SSSR count). The van der Waals surface area contributed by atoms with Gasteiger partial charge in [0.1, 0.15) is 6.61 Å². The molecule has 2 saturated carbocycles. The Labute approximate surface area is 197 Å². The molecule has 7 nitrogen and oxygen atoms in total. The Kier molecular flexibility index (Phi) is 5.97. The Morgan fingerprint density at radius 2 is 1.62 bits per heavy atom. The molecule has 7 heteroatoms. The van der Waals surface area contributed by atoms with E-state index in [1.165, 1.54) is 11.1 Å². The standard InChI is InChI=1S/C27H26N2O5/c30-23(31)10-5-13-28-26(32)24-16-11-12-17(14-16)25(24)29-27(33)34-15-22-20-8-3-1-6-18(20)19-7-2-4-9-21(19)22/h1-4,6-9,16-17,22,24-25H,11-15H2,(H,28,32)(H,29,33)(H,30,31). The summed E-state index contributed by atoms with van der Waals surface area (Å²) in [6.45, 7) is 0.193. The number of amides is 2. The van der Waals surface area contributed by atoms with Crippen LogP contribution in [0, 0.1) is 29.6 Å². The molecule has 0 aliphatic heterocycles. The zero-order chi connectivity index (χ0) is 23.7. The van der Waals surface area contributed by atoms with Crippen LogP contribution in [0.1, 0.15) is 36.3 Å². The fourth-order valence-electron chi connectivity index (χ4n) is 6.02. The summed E-state index contributed by atoms with van der Waals surface area (Å²) >= 11 is 0. The molecule has 2 amide bonds. The van der Waals surface area contributed by atoms with Crippen LogP contribution >= 0.6 is 0 Å². The van der Waals surface area contributed by atoms with E-state index >= 15 is 0 Å². The highest BCUT2D eigenvalue weighted by Crippen LogP contribution is 2.49. The third kappa shape index (κ3) is 4.12. The molecular weight excluding hydrogens is 432 g/mol. The van der Waals surface area contributed by atoms with Gasteiger partial charge < -0.3 is 20.5 Å². The van der Waals surface area contributed by atoms with Crippen LogP contribution < -0.4 is 10.6 Å². The number of aliphatic carboxylic acids is 1. The monoisotopic (exact) mass is 458 g/mol. The zero-order valence-electron chi connectivity index (χ0n) is 18.6. The van der Waals surface area contributed by atoms with Gasteiger partial charge in [0.2, 0.25) is 5.91 Å². The molecule has 0 spiro atoms. The number of ether oxygens (including phenoxy) is 1. The summed E-state index contributed by atoms with van der Waals surface area (Å²) in [5, 5.41) is 14.3.